The highest BCUT2D eigenvalue weighted by Crippen LogP contribution is 2.12. The number of rotatable bonds is 4. The number of carboxylic acids is 1. The maximum atomic E-state index is 10.5. The molecule has 1 aliphatic heterocycles. The molecular weight excluding hydrogens is 232 g/mol. The summed E-state index contributed by atoms with van der Waals surface area (Å²) in [5.41, 5.74) is 0.916. The predicted molar refractivity (Wildman–Crippen MR) is 67.7 cm³/mol. The molecule has 1 aromatic rings. The molecular formula is C12H18N4O2. The summed E-state index contributed by atoms with van der Waals surface area (Å²) in [5.74, 6) is 0.167. The van der Waals surface area contributed by atoms with E-state index in [1.54, 1.807) is 0 Å². The lowest BCUT2D eigenvalue weighted by atomic mass is 10.3. The molecule has 0 bridgehead atoms. The number of piperazine rings is 1. The maximum Gasteiger partial charge on any atom is 0.304 e. The average Bonchev–Trinajstić information content (AvgIpc) is 2.38. The van der Waals surface area contributed by atoms with Crippen LogP contribution in [0.2, 0.25) is 0 Å². The summed E-state index contributed by atoms with van der Waals surface area (Å²) in [7, 11) is 0. The van der Waals surface area contributed by atoms with Gasteiger partial charge in [0.2, 0.25) is 0 Å². The largest absolute Gasteiger partial charge is 0.481 e. The van der Waals surface area contributed by atoms with Crippen LogP contribution in [0.5, 0.6) is 0 Å². The van der Waals surface area contributed by atoms with Crippen molar-refractivity contribution in [1.82, 2.24) is 15.1 Å². The van der Waals surface area contributed by atoms with Gasteiger partial charge in [0, 0.05) is 32.7 Å². The van der Waals surface area contributed by atoms with Crippen LogP contribution >= 0.6 is 0 Å². The summed E-state index contributed by atoms with van der Waals surface area (Å²) in [6.45, 7) is 6.05. The van der Waals surface area contributed by atoms with Gasteiger partial charge in [0.1, 0.15) is 0 Å². The summed E-state index contributed by atoms with van der Waals surface area (Å²) in [6.07, 6.45) is 0.213. The van der Waals surface area contributed by atoms with E-state index in [4.69, 9.17) is 5.11 Å². The first-order chi connectivity index (χ1) is 8.65. The number of hydrogen-bond donors (Lipinski definition) is 1. The van der Waals surface area contributed by atoms with Crippen LogP contribution in [0.3, 0.4) is 0 Å². The first-order valence-corrected chi connectivity index (χ1v) is 6.14. The predicted octanol–water partition coefficient (Wildman–Crippen LogP) is 0.382. The highest BCUT2D eigenvalue weighted by atomic mass is 16.4. The normalized spacial score (nSPS) is 16.8. The molecule has 0 amide bonds. The first-order valence-electron chi connectivity index (χ1n) is 6.14. The Bertz CT molecular complexity index is 399. The van der Waals surface area contributed by atoms with Crippen molar-refractivity contribution >= 4 is 11.8 Å². The molecule has 2 heterocycles. The summed E-state index contributed by atoms with van der Waals surface area (Å²) in [6, 6.07) is 3.94. The van der Waals surface area contributed by atoms with E-state index >= 15 is 0 Å². The number of aryl methyl sites for hydroxylation is 1. The number of carboxylic acid groups (broad SMARTS) is 1. The number of anilines is 1. The molecule has 0 spiro atoms. The van der Waals surface area contributed by atoms with Crippen LogP contribution in [0.25, 0.3) is 0 Å². The van der Waals surface area contributed by atoms with Crippen LogP contribution in [0.15, 0.2) is 12.1 Å². The lowest BCUT2D eigenvalue weighted by molar-refractivity contribution is -0.137. The van der Waals surface area contributed by atoms with E-state index in [2.05, 4.69) is 20.0 Å². The van der Waals surface area contributed by atoms with Gasteiger partial charge in [-0.1, -0.05) is 0 Å². The number of hydrogen-bond acceptors (Lipinski definition) is 5. The fourth-order valence-electron chi connectivity index (χ4n) is 2.01. The summed E-state index contributed by atoms with van der Waals surface area (Å²) < 4.78 is 0. The van der Waals surface area contributed by atoms with Crippen LogP contribution in [0.4, 0.5) is 5.82 Å². The molecule has 0 atom stereocenters. The second kappa shape index (κ2) is 5.77. The van der Waals surface area contributed by atoms with Crippen molar-refractivity contribution in [3.8, 4) is 0 Å². The summed E-state index contributed by atoms with van der Waals surface area (Å²) >= 11 is 0. The van der Waals surface area contributed by atoms with E-state index in [-0.39, 0.29) is 6.42 Å². The number of aliphatic carboxylic acids is 1. The molecule has 0 radical (unpaired) electrons. The van der Waals surface area contributed by atoms with Crippen molar-refractivity contribution < 1.29 is 9.90 Å². The Hall–Kier alpha value is -1.69. The zero-order chi connectivity index (χ0) is 13.0. The first kappa shape index (κ1) is 12.8. The van der Waals surface area contributed by atoms with Gasteiger partial charge in [0.15, 0.2) is 5.82 Å². The van der Waals surface area contributed by atoms with E-state index in [0.717, 1.165) is 37.7 Å². The van der Waals surface area contributed by atoms with Gasteiger partial charge in [0.05, 0.1) is 12.1 Å². The van der Waals surface area contributed by atoms with Gasteiger partial charge in [0.25, 0.3) is 0 Å². The minimum atomic E-state index is -0.734. The second-order valence-electron chi connectivity index (χ2n) is 4.51. The van der Waals surface area contributed by atoms with E-state index < -0.39 is 5.97 Å². The molecule has 2 rings (SSSR count). The molecule has 98 valence electrons. The fourth-order valence-corrected chi connectivity index (χ4v) is 2.01. The number of carbonyl (C=O) groups is 1. The van der Waals surface area contributed by atoms with Crippen LogP contribution < -0.4 is 4.90 Å². The maximum absolute atomic E-state index is 10.5. The lowest BCUT2D eigenvalue weighted by Crippen LogP contribution is -2.47. The van der Waals surface area contributed by atoms with Crippen molar-refractivity contribution in [2.75, 3.05) is 37.6 Å². The third kappa shape index (κ3) is 3.40. The third-order valence-corrected chi connectivity index (χ3v) is 3.12. The molecule has 0 aliphatic carbocycles. The SMILES string of the molecule is Cc1ccc(N2CCN(CCC(=O)O)CC2)nn1. The fraction of sp³-hybridized carbons (Fsp3) is 0.583. The Kier molecular flexibility index (Phi) is 4.09. The van der Waals surface area contributed by atoms with Crippen LogP contribution in [-0.2, 0) is 4.79 Å². The second-order valence-corrected chi connectivity index (χ2v) is 4.51. The average molecular weight is 250 g/mol. The van der Waals surface area contributed by atoms with Gasteiger partial charge >= 0.3 is 5.97 Å². The van der Waals surface area contributed by atoms with E-state index in [0.29, 0.717) is 6.54 Å². The third-order valence-electron chi connectivity index (χ3n) is 3.12. The van der Waals surface area contributed by atoms with Crippen LogP contribution in [0, 0.1) is 6.92 Å². The standard InChI is InChI=1S/C12H18N4O2/c1-10-2-3-11(14-13-10)16-8-6-15(7-9-16)5-4-12(17)18/h2-3H,4-9H2,1H3,(H,17,18). The van der Waals surface area contributed by atoms with Crippen molar-refractivity contribution in [2.24, 2.45) is 0 Å². The highest BCUT2D eigenvalue weighted by Gasteiger charge is 2.18. The van der Waals surface area contributed by atoms with Crippen molar-refractivity contribution in [3.63, 3.8) is 0 Å². The molecule has 0 aromatic carbocycles. The van der Waals surface area contributed by atoms with Gasteiger partial charge in [-0.25, -0.2) is 0 Å². The van der Waals surface area contributed by atoms with E-state index in [1.165, 1.54) is 0 Å². The van der Waals surface area contributed by atoms with Gasteiger partial charge in [-0.15, -0.1) is 5.10 Å². The topological polar surface area (TPSA) is 69.6 Å². The van der Waals surface area contributed by atoms with Gasteiger partial charge in [-0.3, -0.25) is 9.69 Å². The molecule has 6 heteroatoms. The molecule has 18 heavy (non-hydrogen) atoms. The van der Waals surface area contributed by atoms with Crippen molar-refractivity contribution in [1.29, 1.82) is 0 Å². The molecule has 1 aromatic heterocycles. The molecule has 1 fully saturated rings. The highest BCUT2D eigenvalue weighted by molar-refractivity contribution is 5.66. The molecule has 1 N–H and O–H groups in total. The number of aromatic nitrogens is 2. The molecule has 1 aliphatic rings. The minimum absolute atomic E-state index is 0.213. The quantitative estimate of drug-likeness (QED) is 0.833. The van der Waals surface area contributed by atoms with Gasteiger partial charge < -0.3 is 10.0 Å². The Morgan fingerprint density at radius 2 is 2.00 bits per heavy atom. The van der Waals surface area contributed by atoms with Crippen molar-refractivity contribution in [2.45, 2.75) is 13.3 Å². The van der Waals surface area contributed by atoms with Crippen LogP contribution in [0.1, 0.15) is 12.1 Å². The molecule has 1 saturated heterocycles. The van der Waals surface area contributed by atoms with Crippen molar-refractivity contribution in [3.05, 3.63) is 17.8 Å². The Morgan fingerprint density at radius 1 is 1.28 bits per heavy atom. The summed E-state index contributed by atoms with van der Waals surface area (Å²) in [5, 5.41) is 16.9. The molecule has 0 saturated carbocycles. The zero-order valence-electron chi connectivity index (χ0n) is 10.5. The summed E-state index contributed by atoms with van der Waals surface area (Å²) in [4.78, 5) is 14.9. The van der Waals surface area contributed by atoms with E-state index in [1.807, 2.05) is 19.1 Å². The minimum Gasteiger partial charge on any atom is -0.481 e. The zero-order valence-corrected chi connectivity index (χ0v) is 10.5. The van der Waals surface area contributed by atoms with Gasteiger partial charge in [-0.05, 0) is 19.1 Å². The van der Waals surface area contributed by atoms with E-state index in [9.17, 15) is 4.79 Å². The molecule has 6 nitrogen and oxygen atoms in total. The van der Waals surface area contributed by atoms with Gasteiger partial charge in [-0.2, -0.15) is 5.10 Å². The lowest BCUT2D eigenvalue weighted by Gasteiger charge is -2.34. The smallest absolute Gasteiger partial charge is 0.304 e. The Balaban J connectivity index is 1.83. The molecule has 0 unspecified atom stereocenters. The Labute approximate surface area is 106 Å². The Morgan fingerprint density at radius 3 is 2.56 bits per heavy atom. The van der Waals surface area contributed by atoms with Crippen LogP contribution in [-0.4, -0.2) is 58.9 Å². The monoisotopic (exact) mass is 250 g/mol. The number of nitrogens with zero attached hydrogens (tertiary/aromatic N) is 4.